The second kappa shape index (κ2) is 6.44. The van der Waals surface area contributed by atoms with Gasteiger partial charge in [0.05, 0.1) is 0 Å². The molecule has 1 rings (SSSR count). The third-order valence-electron chi connectivity index (χ3n) is 3.35. The van der Waals surface area contributed by atoms with Gasteiger partial charge in [-0.05, 0) is 30.3 Å². The first-order chi connectivity index (χ1) is 8.76. The summed E-state index contributed by atoms with van der Waals surface area (Å²) in [7, 11) is -1.94. The standard InChI is InChI=1S/C15H22O2SSi/c1-15(2,3)19(4,5)17-13(11-16)12-18-14-9-7-6-8-10-14/h6-12H,1-5H3/b13-12-. The van der Waals surface area contributed by atoms with Crippen LogP contribution < -0.4 is 0 Å². The molecule has 19 heavy (non-hydrogen) atoms. The van der Waals surface area contributed by atoms with E-state index in [0.717, 1.165) is 11.2 Å². The van der Waals surface area contributed by atoms with E-state index in [4.69, 9.17) is 4.43 Å². The van der Waals surface area contributed by atoms with Crippen molar-refractivity contribution in [2.75, 3.05) is 0 Å². The van der Waals surface area contributed by atoms with Gasteiger partial charge >= 0.3 is 0 Å². The van der Waals surface area contributed by atoms with Crippen molar-refractivity contribution < 1.29 is 9.22 Å². The van der Waals surface area contributed by atoms with E-state index in [-0.39, 0.29) is 5.04 Å². The van der Waals surface area contributed by atoms with Gasteiger partial charge in [0.15, 0.2) is 12.0 Å². The Kier molecular flexibility index (Phi) is 5.44. The minimum atomic E-state index is -1.94. The zero-order valence-corrected chi connectivity index (χ0v) is 14.1. The summed E-state index contributed by atoms with van der Waals surface area (Å²) in [5, 5.41) is 1.88. The Morgan fingerprint density at radius 2 is 1.79 bits per heavy atom. The fourth-order valence-electron chi connectivity index (χ4n) is 1.15. The smallest absolute Gasteiger partial charge is 0.250 e. The fraction of sp³-hybridized carbons (Fsp3) is 0.400. The van der Waals surface area contributed by atoms with Crippen LogP contribution in [0.15, 0.2) is 46.4 Å². The first-order valence-electron chi connectivity index (χ1n) is 6.32. The van der Waals surface area contributed by atoms with Gasteiger partial charge in [0, 0.05) is 10.3 Å². The summed E-state index contributed by atoms with van der Waals surface area (Å²) in [6.07, 6.45) is 0.802. The summed E-state index contributed by atoms with van der Waals surface area (Å²) in [6, 6.07) is 9.95. The highest BCUT2D eigenvalue weighted by molar-refractivity contribution is 8.02. The third-order valence-corrected chi connectivity index (χ3v) is 8.60. The summed E-state index contributed by atoms with van der Waals surface area (Å²) in [6.45, 7) is 10.7. The van der Waals surface area contributed by atoms with E-state index < -0.39 is 8.32 Å². The molecule has 4 heteroatoms. The molecule has 0 amide bonds. The summed E-state index contributed by atoms with van der Waals surface area (Å²) in [5.74, 6) is 0.431. The first-order valence-corrected chi connectivity index (χ1v) is 10.1. The molecule has 0 aliphatic heterocycles. The molecular formula is C15H22O2SSi. The molecule has 1 aromatic carbocycles. The molecule has 0 radical (unpaired) electrons. The highest BCUT2D eigenvalue weighted by Crippen LogP contribution is 2.38. The Bertz CT molecular complexity index is 447. The molecule has 0 unspecified atom stereocenters. The minimum Gasteiger partial charge on any atom is -0.541 e. The van der Waals surface area contributed by atoms with E-state index in [1.807, 2.05) is 30.3 Å². The van der Waals surface area contributed by atoms with Crippen molar-refractivity contribution in [2.45, 2.75) is 43.8 Å². The zero-order chi connectivity index (χ0) is 14.5. The van der Waals surface area contributed by atoms with E-state index in [9.17, 15) is 4.79 Å². The lowest BCUT2D eigenvalue weighted by Crippen LogP contribution is -2.40. The summed E-state index contributed by atoms with van der Waals surface area (Å²) >= 11 is 1.51. The molecule has 1 aromatic rings. The molecule has 0 atom stereocenters. The van der Waals surface area contributed by atoms with E-state index in [1.165, 1.54) is 11.8 Å². The lowest BCUT2D eigenvalue weighted by Gasteiger charge is -2.36. The second-order valence-electron chi connectivity index (χ2n) is 5.93. The van der Waals surface area contributed by atoms with Crippen molar-refractivity contribution in [2.24, 2.45) is 0 Å². The van der Waals surface area contributed by atoms with E-state index in [2.05, 4.69) is 33.9 Å². The van der Waals surface area contributed by atoms with Crippen LogP contribution in [0.5, 0.6) is 0 Å². The number of hydrogen-bond acceptors (Lipinski definition) is 3. The summed E-state index contributed by atoms with van der Waals surface area (Å²) < 4.78 is 5.98. The number of rotatable bonds is 5. The van der Waals surface area contributed by atoms with Gasteiger partial charge in [-0.1, -0.05) is 50.7 Å². The first kappa shape index (κ1) is 16.1. The average molecular weight is 294 g/mol. The molecule has 0 aromatic heterocycles. The van der Waals surface area contributed by atoms with Crippen LogP contribution in [0.1, 0.15) is 20.8 Å². The molecule has 0 heterocycles. The van der Waals surface area contributed by atoms with Crippen LogP contribution in [-0.2, 0) is 9.22 Å². The van der Waals surface area contributed by atoms with Crippen LogP contribution in [-0.4, -0.2) is 14.6 Å². The van der Waals surface area contributed by atoms with Gasteiger partial charge in [-0.3, -0.25) is 4.79 Å². The average Bonchev–Trinajstić information content (AvgIpc) is 2.34. The number of hydrogen-bond donors (Lipinski definition) is 0. The predicted molar refractivity (Wildman–Crippen MR) is 84.7 cm³/mol. The quantitative estimate of drug-likeness (QED) is 0.255. The van der Waals surface area contributed by atoms with Gasteiger partial charge in [-0.25, -0.2) is 0 Å². The van der Waals surface area contributed by atoms with Gasteiger partial charge in [-0.15, -0.1) is 0 Å². The molecule has 2 nitrogen and oxygen atoms in total. The minimum absolute atomic E-state index is 0.0898. The number of thioether (sulfide) groups is 1. The Morgan fingerprint density at radius 3 is 2.26 bits per heavy atom. The van der Waals surface area contributed by atoms with Crippen LogP contribution in [0, 0.1) is 0 Å². The number of benzene rings is 1. The van der Waals surface area contributed by atoms with Crippen molar-refractivity contribution in [1.29, 1.82) is 0 Å². The van der Waals surface area contributed by atoms with Gasteiger partial charge in [0.2, 0.25) is 0 Å². The summed E-state index contributed by atoms with van der Waals surface area (Å²) in [4.78, 5) is 12.2. The lowest BCUT2D eigenvalue weighted by molar-refractivity contribution is -0.106. The Morgan fingerprint density at radius 1 is 1.21 bits per heavy atom. The van der Waals surface area contributed by atoms with Gasteiger partial charge in [0.1, 0.15) is 0 Å². The maximum atomic E-state index is 11.1. The lowest BCUT2D eigenvalue weighted by atomic mass is 10.2. The van der Waals surface area contributed by atoms with Gasteiger partial charge in [0.25, 0.3) is 8.32 Å². The maximum Gasteiger partial charge on any atom is 0.250 e. The SMILES string of the molecule is CC(C)(C)[Si](C)(C)O/C(C=O)=C\Sc1ccccc1. The summed E-state index contributed by atoms with van der Waals surface area (Å²) in [5.41, 5.74) is 0. The topological polar surface area (TPSA) is 26.3 Å². The van der Waals surface area contributed by atoms with Crippen molar-refractivity contribution in [3.63, 3.8) is 0 Å². The molecule has 0 fully saturated rings. The van der Waals surface area contributed by atoms with Gasteiger partial charge < -0.3 is 4.43 Å². The van der Waals surface area contributed by atoms with Crippen LogP contribution in [0.3, 0.4) is 0 Å². The normalized spacial score (nSPS) is 13.2. The molecule has 0 bridgehead atoms. The largest absolute Gasteiger partial charge is 0.541 e. The Labute approximate surface area is 121 Å². The number of aldehydes is 1. The van der Waals surface area contributed by atoms with Crippen LogP contribution in [0.25, 0.3) is 0 Å². The molecule has 0 aliphatic carbocycles. The molecule has 104 valence electrons. The van der Waals surface area contributed by atoms with E-state index >= 15 is 0 Å². The molecule has 0 saturated heterocycles. The molecule has 0 aliphatic rings. The number of allylic oxidation sites excluding steroid dienone is 1. The molecule has 0 saturated carbocycles. The highest BCUT2D eigenvalue weighted by atomic mass is 32.2. The van der Waals surface area contributed by atoms with Crippen molar-refractivity contribution in [3.8, 4) is 0 Å². The highest BCUT2D eigenvalue weighted by Gasteiger charge is 2.39. The number of carbonyl (C=O) groups excluding carboxylic acids is 1. The molecular weight excluding hydrogens is 272 g/mol. The molecule has 0 N–H and O–H groups in total. The molecule has 0 spiro atoms. The van der Waals surface area contributed by atoms with Crippen molar-refractivity contribution in [1.82, 2.24) is 0 Å². The van der Waals surface area contributed by atoms with E-state index in [1.54, 1.807) is 5.41 Å². The third kappa shape index (κ3) is 4.88. The second-order valence-corrected chi connectivity index (χ2v) is 11.6. The number of carbonyl (C=O) groups is 1. The van der Waals surface area contributed by atoms with Crippen molar-refractivity contribution >= 4 is 26.4 Å². The monoisotopic (exact) mass is 294 g/mol. The van der Waals surface area contributed by atoms with Crippen molar-refractivity contribution in [3.05, 3.63) is 41.5 Å². The van der Waals surface area contributed by atoms with Gasteiger partial charge in [-0.2, -0.15) is 0 Å². The van der Waals surface area contributed by atoms with E-state index in [0.29, 0.717) is 5.76 Å². The Balaban J connectivity index is 2.76. The Hall–Kier alpha value is -1.00. The zero-order valence-electron chi connectivity index (χ0n) is 12.3. The fourth-order valence-corrected chi connectivity index (χ4v) is 2.91. The van der Waals surface area contributed by atoms with Crippen LogP contribution in [0.2, 0.25) is 18.1 Å². The maximum absolute atomic E-state index is 11.1. The van der Waals surface area contributed by atoms with Crippen LogP contribution >= 0.6 is 11.8 Å². The van der Waals surface area contributed by atoms with Crippen LogP contribution in [0.4, 0.5) is 0 Å². The predicted octanol–water partition coefficient (Wildman–Crippen LogP) is 4.84.